The van der Waals surface area contributed by atoms with Crippen molar-refractivity contribution < 1.29 is 13.5 Å². The summed E-state index contributed by atoms with van der Waals surface area (Å²) in [5, 5.41) is 5.00. The van der Waals surface area contributed by atoms with Gasteiger partial charge in [0.1, 0.15) is 0 Å². The Kier molecular flexibility index (Phi) is 1.88. The van der Waals surface area contributed by atoms with Gasteiger partial charge in [0.05, 0.1) is 7.11 Å². The Labute approximate surface area is 59.6 Å². The monoisotopic (exact) mass is 165 g/mol. The number of ether oxygens (including phenoxy) is 1. The number of rotatable bonds is 2. The summed E-state index contributed by atoms with van der Waals surface area (Å²) in [6.07, 6.45) is 0. The molecule has 0 aliphatic heterocycles. The van der Waals surface area contributed by atoms with Crippen molar-refractivity contribution in [3.63, 3.8) is 0 Å². The highest BCUT2D eigenvalue weighted by Crippen LogP contribution is 2.12. The molecule has 0 atom stereocenters. The molecule has 0 amide bonds. The zero-order valence-corrected chi connectivity index (χ0v) is 5.54. The van der Waals surface area contributed by atoms with E-state index in [1.165, 1.54) is 0 Å². The van der Waals surface area contributed by atoms with Crippen LogP contribution in [-0.4, -0.2) is 21.9 Å². The molecule has 0 radical (unpaired) electrons. The predicted molar refractivity (Wildman–Crippen MR) is 30.7 cm³/mol. The fraction of sp³-hybridized carbons (Fsp3) is 0.500. The molecule has 62 valence electrons. The lowest BCUT2D eigenvalue weighted by Crippen LogP contribution is -2.18. The highest BCUT2D eigenvalue weighted by Gasteiger charge is 2.16. The third kappa shape index (κ3) is 1.21. The van der Waals surface area contributed by atoms with Crippen molar-refractivity contribution in [1.82, 2.24) is 14.8 Å². The van der Waals surface area contributed by atoms with Crippen LogP contribution in [0.25, 0.3) is 0 Å². The smallest absolute Gasteiger partial charge is 0.350 e. The second-order valence-corrected chi connectivity index (χ2v) is 1.66. The molecule has 0 aliphatic rings. The number of hydrogen-bond donors (Lipinski definition) is 1. The molecule has 5 nitrogen and oxygen atoms in total. The van der Waals surface area contributed by atoms with E-state index in [-0.39, 0.29) is 4.57 Å². The molecule has 0 aromatic carbocycles. The lowest BCUT2D eigenvalue weighted by molar-refractivity contribution is 0.0574. The standard InChI is InChI=1S/C4H5F2N3O2/c1-11-4-8-7-3(10)9(4)2(5)6/h2H,1H3,(H,7,10). The first kappa shape index (κ1) is 7.70. The van der Waals surface area contributed by atoms with Crippen molar-refractivity contribution in [2.75, 3.05) is 7.11 Å². The minimum atomic E-state index is -2.93. The van der Waals surface area contributed by atoms with Crippen molar-refractivity contribution in [3.05, 3.63) is 10.5 Å². The number of nitrogens with zero attached hydrogens (tertiary/aromatic N) is 2. The molecule has 0 spiro atoms. The summed E-state index contributed by atoms with van der Waals surface area (Å²) >= 11 is 0. The van der Waals surface area contributed by atoms with Crippen LogP contribution >= 0.6 is 0 Å². The van der Waals surface area contributed by atoms with Crippen LogP contribution < -0.4 is 10.4 Å². The van der Waals surface area contributed by atoms with E-state index in [1.807, 2.05) is 5.10 Å². The third-order valence-corrected chi connectivity index (χ3v) is 1.05. The van der Waals surface area contributed by atoms with Crippen LogP contribution in [0.4, 0.5) is 8.78 Å². The van der Waals surface area contributed by atoms with E-state index >= 15 is 0 Å². The maximum Gasteiger partial charge on any atom is 0.350 e. The van der Waals surface area contributed by atoms with Crippen LogP contribution in [0.1, 0.15) is 6.55 Å². The summed E-state index contributed by atoms with van der Waals surface area (Å²) in [7, 11) is 1.15. The summed E-state index contributed by atoms with van der Waals surface area (Å²) in [5.74, 6) is 0. The number of aromatic nitrogens is 3. The van der Waals surface area contributed by atoms with Gasteiger partial charge in [0.2, 0.25) is 0 Å². The van der Waals surface area contributed by atoms with Crippen LogP contribution in [-0.2, 0) is 0 Å². The van der Waals surface area contributed by atoms with E-state index in [0.717, 1.165) is 7.11 Å². The van der Waals surface area contributed by atoms with E-state index in [2.05, 4.69) is 9.84 Å². The SMILES string of the molecule is COc1n[nH]c(=O)n1C(F)F. The summed E-state index contributed by atoms with van der Waals surface area (Å²) < 4.78 is 28.3. The van der Waals surface area contributed by atoms with Gasteiger partial charge in [-0.05, 0) is 0 Å². The first-order chi connectivity index (χ1) is 5.16. The minimum Gasteiger partial charge on any atom is -0.467 e. The van der Waals surface area contributed by atoms with Gasteiger partial charge >= 0.3 is 18.2 Å². The lowest BCUT2D eigenvalue weighted by atomic mass is 10.9. The molecule has 1 rings (SSSR count). The Bertz CT molecular complexity index is 292. The average molecular weight is 165 g/mol. The first-order valence-electron chi connectivity index (χ1n) is 2.66. The zero-order chi connectivity index (χ0) is 8.43. The minimum absolute atomic E-state index is 0.111. The Morgan fingerprint density at radius 2 is 2.36 bits per heavy atom. The fourth-order valence-electron chi connectivity index (χ4n) is 0.606. The number of alkyl halides is 2. The van der Waals surface area contributed by atoms with Crippen LogP contribution in [0, 0.1) is 0 Å². The van der Waals surface area contributed by atoms with Gasteiger partial charge in [-0.25, -0.2) is 9.89 Å². The number of H-pyrrole nitrogens is 1. The average Bonchev–Trinajstić information content (AvgIpc) is 2.30. The van der Waals surface area contributed by atoms with Crippen molar-refractivity contribution in [1.29, 1.82) is 0 Å². The highest BCUT2D eigenvalue weighted by atomic mass is 19.3. The van der Waals surface area contributed by atoms with Gasteiger partial charge in [0, 0.05) is 0 Å². The molecule has 0 saturated carbocycles. The quantitative estimate of drug-likeness (QED) is 0.669. The Morgan fingerprint density at radius 1 is 1.73 bits per heavy atom. The van der Waals surface area contributed by atoms with E-state index in [9.17, 15) is 13.6 Å². The molecular weight excluding hydrogens is 160 g/mol. The summed E-state index contributed by atoms with van der Waals surface area (Å²) in [6.45, 7) is -2.93. The highest BCUT2D eigenvalue weighted by molar-refractivity contribution is 4.91. The molecule has 0 saturated heterocycles. The van der Waals surface area contributed by atoms with Crippen LogP contribution in [0.15, 0.2) is 4.79 Å². The second kappa shape index (κ2) is 2.69. The summed E-state index contributed by atoms with van der Waals surface area (Å²) in [5.41, 5.74) is -0.989. The maximum atomic E-state index is 11.9. The molecule has 1 N–H and O–H groups in total. The predicted octanol–water partition coefficient (Wildman–Crippen LogP) is -0.0249. The molecule has 1 heterocycles. The molecular formula is C4H5F2N3O2. The second-order valence-electron chi connectivity index (χ2n) is 1.66. The molecule has 0 aliphatic carbocycles. The van der Waals surface area contributed by atoms with Gasteiger partial charge in [-0.15, -0.1) is 5.10 Å². The largest absolute Gasteiger partial charge is 0.467 e. The van der Waals surface area contributed by atoms with Crippen LogP contribution in [0.5, 0.6) is 6.01 Å². The number of methoxy groups -OCH3 is 1. The van der Waals surface area contributed by atoms with E-state index < -0.39 is 18.2 Å². The Balaban J connectivity index is 3.18. The maximum absolute atomic E-state index is 11.9. The van der Waals surface area contributed by atoms with Crippen molar-refractivity contribution in [2.45, 2.75) is 6.55 Å². The Hall–Kier alpha value is -1.40. The van der Waals surface area contributed by atoms with Gasteiger partial charge in [0.15, 0.2) is 0 Å². The number of hydrogen-bond acceptors (Lipinski definition) is 3. The normalized spacial score (nSPS) is 10.5. The van der Waals surface area contributed by atoms with Crippen molar-refractivity contribution in [2.24, 2.45) is 0 Å². The number of aromatic amines is 1. The number of nitrogens with one attached hydrogen (secondary N) is 1. The van der Waals surface area contributed by atoms with E-state index in [4.69, 9.17) is 0 Å². The van der Waals surface area contributed by atoms with Gasteiger partial charge in [-0.2, -0.15) is 13.3 Å². The van der Waals surface area contributed by atoms with E-state index in [1.54, 1.807) is 0 Å². The lowest BCUT2D eigenvalue weighted by Gasteiger charge is -1.99. The van der Waals surface area contributed by atoms with Gasteiger partial charge in [0.25, 0.3) is 0 Å². The number of halogens is 2. The summed E-state index contributed by atoms with van der Waals surface area (Å²) in [4.78, 5) is 10.5. The molecule has 0 fully saturated rings. The van der Waals surface area contributed by atoms with Gasteiger partial charge in [-0.3, -0.25) is 0 Å². The zero-order valence-electron chi connectivity index (χ0n) is 5.54. The van der Waals surface area contributed by atoms with Gasteiger partial charge < -0.3 is 4.74 Å². The molecule has 1 aromatic rings. The van der Waals surface area contributed by atoms with Crippen LogP contribution in [0.3, 0.4) is 0 Å². The molecule has 0 unspecified atom stereocenters. The van der Waals surface area contributed by atoms with Crippen molar-refractivity contribution in [3.8, 4) is 6.01 Å². The van der Waals surface area contributed by atoms with Crippen LogP contribution in [0.2, 0.25) is 0 Å². The van der Waals surface area contributed by atoms with Crippen molar-refractivity contribution >= 4 is 0 Å². The van der Waals surface area contributed by atoms with E-state index in [0.29, 0.717) is 0 Å². The molecule has 1 aromatic heterocycles. The third-order valence-electron chi connectivity index (χ3n) is 1.05. The molecule has 7 heteroatoms. The van der Waals surface area contributed by atoms with Gasteiger partial charge in [-0.1, -0.05) is 0 Å². The molecule has 11 heavy (non-hydrogen) atoms. The topological polar surface area (TPSA) is 59.9 Å². The Morgan fingerprint density at radius 3 is 2.73 bits per heavy atom. The first-order valence-corrected chi connectivity index (χ1v) is 2.66. The molecule has 0 bridgehead atoms. The summed E-state index contributed by atoms with van der Waals surface area (Å²) in [6, 6.07) is -0.426. The fourth-order valence-corrected chi connectivity index (χ4v) is 0.606.